The van der Waals surface area contributed by atoms with Gasteiger partial charge in [-0.05, 0) is 64.0 Å². The molecule has 2 aromatic rings. The van der Waals surface area contributed by atoms with Crippen molar-refractivity contribution in [2.45, 2.75) is 88.7 Å². The number of alkyl carbamates (subject to hydrolysis) is 1. The van der Waals surface area contributed by atoms with Gasteiger partial charge < -0.3 is 25.4 Å². The van der Waals surface area contributed by atoms with Crippen LogP contribution in [0.3, 0.4) is 0 Å². The van der Waals surface area contributed by atoms with Crippen LogP contribution in [0.25, 0.3) is 0 Å². The Morgan fingerprint density at radius 3 is 2.11 bits per heavy atom. The smallest absolute Gasteiger partial charge is 0.408 e. The summed E-state index contributed by atoms with van der Waals surface area (Å²) in [6.07, 6.45) is 0.865. The highest BCUT2D eigenvalue weighted by molar-refractivity contribution is 5.92. The number of nitrogens with one attached hydrogen (secondary N) is 2. The van der Waals surface area contributed by atoms with Gasteiger partial charge in [-0.15, -0.1) is 0 Å². The first-order valence-corrected chi connectivity index (χ1v) is 13.0. The maximum Gasteiger partial charge on any atom is 0.408 e. The Balaban J connectivity index is 1.56. The summed E-state index contributed by atoms with van der Waals surface area (Å²) in [4.78, 5) is 41.5. The SMILES string of the molecule is CC(C)(C)OC(=O)N[C@H]1CC[C@H](O)C[C@H]2CC[C@@H](C(=O)NC(c3ccccc3)c3ccccc3)N2C1=O. The molecular weight excluding hydrogens is 470 g/mol. The Morgan fingerprint density at radius 2 is 1.54 bits per heavy atom. The Bertz CT molecular complexity index is 1050. The molecule has 4 atom stereocenters. The second kappa shape index (κ2) is 11.3. The Hall–Kier alpha value is -3.39. The molecular formula is C29H37N3O5. The molecule has 0 aliphatic carbocycles. The minimum absolute atomic E-state index is 0.250. The van der Waals surface area contributed by atoms with Gasteiger partial charge in [-0.25, -0.2) is 4.79 Å². The van der Waals surface area contributed by atoms with Crippen LogP contribution >= 0.6 is 0 Å². The zero-order valence-corrected chi connectivity index (χ0v) is 21.7. The molecule has 3 N–H and O–H groups in total. The van der Waals surface area contributed by atoms with Gasteiger partial charge >= 0.3 is 6.09 Å². The first-order valence-electron chi connectivity index (χ1n) is 13.0. The third kappa shape index (κ3) is 6.68. The maximum atomic E-state index is 13.7. The van der Waals surface area contributed by atoms with Gasteiger partial charge in [0.25, 0.3) is 0 Å². The molecule has 37 heavy (non-hydrogen) atoms. The third-order valence-corrected chi connectivity index (χ3v) is 6.93. The minimum atomic E-state index is -0.875. The number of fused-ring (bicyclic) bond motifs is 1. The van der Waals surface area contributed by atoms with Crippen LogP contribution in [0.1, 0.15) is 70.0 Å². The van der Waals surface area contributed by atoms with Crippen LogP contribution in [-0.4, -0.2) is 57.7 Å². The van der Waals surface area contributed by atoms with Gasteiger partial charge in [-0.1, -0.05) is 60.7 Å². The topological polar surface area (TPSA) is 108 Å². The first kappa shape index (κ1) is 26.7. The molecule has 0 unspecified atom stereocenters. The van der Waals surface area contributed by atoms with Gasteiger partial charge in [0.15, 0.2) is 0 Å². The van der Waals surface area contributed by atoms with Gasteiger partial charge in [-0.3, -0.25) is 9.59 Å². The summed E-state index contributed by atoms with van der Waals surface area (Å²) in [5.41, 5.74) is 1.17. The van der Waals surface area contributed by atoms with Crippen LogP contribution in [0.4, 0.5) is 4.79 Å². The maximum absolute atomic E-state index is 13.7. The predicted octanol–water partition coefficient (Wildman–Crippen LogP) is 3.69. The van der Waals surface area contributed by atoms with Crippen LogP contribution < -0.4 is 10.6 Å². The lowest BCUT2D eigenvalue weighted by molar-refractivity contribution is -0.144. The Morgan fingerprint density at radius 1 is 0.946 bits per heavy atom. The monoisotopic (exact) mass is 507 g/mol. The van der Waals surface area contributed by atoms with E-state index in [2.05, 4.69) is 10.6 Å². The second-order valence-electron chi connectivity index (χ2n) is 10.9. The lowest BCUT2D eigenvalue weighted by Gasteiger charge is -2.37. The van der Waals surface area contributed by atoms with E-state index in [0.29, 0.717) is 25.7 Å². The van der Waals surface area contributed by atoms with E-state index in [9.17, 15) is 19.5 Å². The minimum Gasteiger partial charge on any atom is -0.444 e. The summed E-state index contributed by atoms with van der Waals surface area (Å²) in [5.74, 6) is -0.559. The summed E-state index contributed by atoms with van der Waals surface area (Å²) in [6.45, 7) is 5.26. The molecule has 2 aromatic carbocycles. The molecule has 0 spiro atoms. The number of amides is 3. The number of nitrogens with zero attached hydrogens (tertiary/aromatic N) is 1. The zero-order valence-electron chi connectivity index (χ0n) is 21.7. The summed E-state index contributed by atoms with van der Waals surface area (Å²) in [6, 6.07) is 17.2. The second-order valence-corrected chi connectivity index (χ2v) is 10.9. The number of carbonyl (C=O) groups excluding carboxylic acids is 3. The van der Waals surface area contributed by atoms with Gasteiger partial charge in [0.05, 0.1) is 12.1 Å². The van der Waals surface area contributed by atoms with Crippen LogP contribution in [0.15, 0.2) is 60.7 Å². The summed E-state index contributed by atoms with van der Waals surface area (Å²) < 4.78 is 5.36. The van der Waals surface area contributed by atoms with Crippen molar-refractivity contribution in [1.29, 1.82) is 0 Å². The van der Waals surface area contributed by atoms with Crippen LogP contribution in [0.5, 0.6) is 0 Å². The van der Waals surface area contributed by atoms with Gasteiger partial charge in [0, 0.05) is 6.04 Å². The molecule has 0 radical (unpaired) electrons. The number of hydrogen-bond acceptors (Lipinski definition) is 5. The van der Waals surface area contributed by atoms with Gasteiger partial charge in [0.1, 0.15) is 17.7 Å². The van der Waals surface area contributed by atoms with Gasteiger partial charge in [0.2, 0.25) is 11.8 Å². The molecule has 2 heterocycles. The highest BCUT2D eigenvalue weighted by Gasteiger charge is 2.45. The number of rotatable bonds is 5. The van der Waals surface area contributed by atoms with E-state index >= 15 is 0 Å². The summed E-state index contributed by atoms with van der Waals surface area (Å²) in [7, 11) is 0. The van der Waals surface area contributed by atoms with E-state index in [1.165, 1.54) is 0 Å². The molecule has 0 aromatic heterocycles. The van der Waals surface area contributed by atoms with Crippen molar-refractivity contribution in [3.63, 3.8) is 0 Å². The highest BCUT2D eigenvalue weighted by atomic mass is 16.6. The van der Waals surface area contributed by atoms with Crippen LogP contribution in [-0.2, 0) is 14.3 Å². The number of carbonyl (C=O) groups is 3. The molecule has 198 valence electrons. The van der Waals surface area contributed by atoms with Crippen molar-refractivity contribution >= 4 is 17.9 Å². The van der Waals surface area contributed by atoms with E-state index < -0.39 is 29.9 Å². The molecule has 3 amide bonds. The van der Waals surface area contributed by atoms with E-state index in [1.54, 1.807) is 25.7 Å². The highest BCUT2D eigenvalue weighted by Crippen LogP contribution is 2.32. The molecule has 0 saturated carbocycles. The molecule has 2 saturated heterocycles. The van der Waals surface area contributed by atoms with Crippen molar-refractivity contribution in [2.75, 3.05) is 0 Å². The molecule has 8 nitrogen and oxygen atoms in total. The lowest BCUT2D eigenvalue weighted by atomic mass is 9.96. The van der Waals surface area contributed by atoms with Crippen molar-refractivity contribution < 1.29 is 24.2 Å². The van der Waals surface area contributed by atoms with Gasteiger partial charge in [-0.2, -0.15) is 0 Å². The molecule has 2 aliphatic heterocycles. The van der Waals surface area contributed by atoms with E-state index in [0.717, 1.165) is 11.1 Å². The van der Waals surface area contributed by atoms with Crippen molar-refractivity contribution in [2.24, 2.45) is 0 Å². The summed E-state index contributed by atoms with van der Waals surface area (Å²) >= 11 is 0. The lowest BCUT2D eigenvalue weighted by Crippen LogP contribution is -2.57. The van der Waals surface area contributed by atoms with Crippen molar-refractivity contribution in [1.82, 2.24) is 15.5 Å². The standard InChI is InChI=1S/C29H37N3O5/c1-29(2,3)37-28(36)30-23-16-15-22(33)18-21-14-17-24(32(21)27(23)35)26(34)31-25(19-10-6-4-7-11-19)20-12-8-5-9-13-20/h4-13,21-25,33H,14-18H2,1-3H3,(H,30,36)(H,31,34)/t21-,22+,23+,24+/m1/s1. The Labute approximate surface area is 218 Å². The van der Waals surface area contributed by atoms with Crippen molar-refractivity contribution in [3.8, 4) is 0 Å². The number of ether oxygens (including phenoxy) is 1. The number of aliphatic hydroxyl groups is 1. The van der Waals surface area contributed by atoms with E-state index in [-0.39, 0.29) is 30.3 Å². The molecule has 0 bridgehead atoms. The largest absolute Gasteiger partial charge is 0.444 e. The van der Waals surface area contributed by atoms with Crippen LogP contribution in [0, 0.1) is 0 Å². The predicted molar refractivity (Wildman–Crippen MR) is 140 cm³/mol. The fourth-order valence-electron chi connectivity index (χ4n) is 5.27. The number of aliphatic hydroxyl groups excluding tert-OH is 1. The normalized spacial score (nSPS) is 24.1. The molecule has 2 fully saturated rings. The quantitative estimate of drug-likeness (QED) is 0.572. The summed E-state index contributed by atoms with van der Waals surface area (Å²) in [5, 5.41) is 16.4. The third-order valence-electron chi connectivity index (χ3n) is 6.93. The fourth-order valence-corrected chi connectivity index (χ4v) is 5.27. The Kier molecular flexibility index (Phi) is 8.17. The van der Waals surface area contributed by atoms with Crippen LogP contribution in [0.2, 0.25) is 0 Å². The zero-order chi connectivity index (χ0) is 26.6. The van der Waals surface area contributed by atoms with Crippen molar-refractivity contribution in [3.05, 3.63) is 71.8 Å². The molecule has 4 rings (SSSR count). The number of hydrogen-bond donors (Lipinski definition) is 3. The van der Waals surface area contributed by atoms with E-state index in [1.807, 2.05) is 60.7 Å². The average Bonchev–Trinajstić information content (AvgIpc) is 3.27. The number of benzene rings is 2. The molecule has 8 heteroatoms. The molecule has 2 aliphatic rings. The van der Waals surface area contributed by atoms with E-state index in [4.69, 9.17) is 4.74 Å². The average molecular weight is 508 g/mol. The first-order chi connectivity index (χ1) is 17.6. The fraction of sp³-hybridized carbons (Fsp3) is 0.483.